The van der Waals surface area contributed by atoms with Crippen LogP contribution in [-0.4, -0.2) is 14.7 Å². The normalized spacial score (nSPS) is 12.4. The fraction of sp³-hybridized carbons (Fsp3) is 0.167. The summed E-state index contributed by atoms with van der Waals surface area (Å²) in [7, 11) is 0. The lowest BCUT2D eigenvalue weighted by atomic mass is 10.1. The van der Waals surface area contributed by atoms with E-state index in [1.165, 1.54) is 30.6 Å². The number of benzene rings is 1. The third-order valence-electron chi connectivity index (χ3n) is 2.49. The molecule has 0 amide bonds. The Morgan fingerprint density at radius 1 is 1.33 bits per heavy atom. The zero-order chi connectivity index (χ0) is 13.1. The number of rotatable bonds is 3. The molecule has 1 aromatic heterocycles. The highest BCUT2D eigenvalue weighted by molar-refractivity contribution is 5.21. The summed E-state index contributed by atoms with van der Waals surface area (Å²) in [5.74, 6) is -2.15. The highest BCUT2D eigenvalue weighted by Gasteiger charge is 2.16. The third-order valence-corrected chi connectivity index (χ3v) is 2.49. The number of halogens is 2. The number of aliphatic hydroxyl groups excluding tert-OH is 1. The fourth-order valence-electron chi connectivity index (χ4n) is 1.59. The smallest absolute Gasteiger partial charge is 0.347 e. The van der Waals surface area contributed by atoms with Crippen LogP contribution in [0.3, 0.4) is 0 Å². The highest BCUT2D eigenvalue weighted by Crippen LogP contribution is 2.20. The molecule has 0 spiro atoms. The second-order valence-electron chi connectivity index (χ2n) is 3.71. The summed E-state index contributed by atoms with van der Waals surface area (Å²) < 4.78 is 27.5. The van der Waals surface area contributed by atoms with Crippen LogP contribution in [0.2, 0.25) is 0 Å². The molecule has 0 saturated heterocycles. The van der Waals surface area contributed by atoms with Crippen LogP contribution in [0.15, 0.2) is 41.5 Å². The first-order valence-electron chi connectivity index (χ1n) is 5.23. The van der Waals surface area contributed by atoms with E-state index in [-0.39, 0.29) is 12.1 Å². The van der Waals surface area contributed by atoms with Gasteiger partial charge in [0.15, 0.2) is 11.6 Å². The van der Waals surface area contributed by atoms with Crippen LogP contribution in [-0.2, 0) is 6.54 Å². The Bertz CT molecular complexity index is 613. The van der Waals surface area contributed by atoms with E-state index in [0.717, 1.165) is 10.6 Å². The Morgan fingerprint density at radius 3 is 2.83 bits per heavy atom. The lowest BCUT2D eigenvalue weighted by molar-refractivity contribution is 0.149. The molecule has 0 radical (unpaired) electrons. The van der Waals surface area contributed by atoms with Crippen molar-refractivity contribution in [3.8, 4) is 0 Å². The Hall–Kier alpha value is -2.08. The van der Waals surface area contributed by atoms with Crippen LogP contribution in [0.5, 0.6) is 0 Å². The average molecular weight is 252 g/mol. The van der Waals surface area contributed by atoms with E-state index in [9.17, 15) is 18.7 Å². The first-order valence-corrected chi connectivity index (χ1v) is 5.23. The number of aromatic nitrogens is 2. The van der Waals surface area contributed by atoms with Crippen LogP contribution >= 0.6 is 0 Å². The van der Waals surface area contributed by atoms with Gasteiger partial charge in [-0.2, -0.15) is 0 Å². The molecule has 18 heavy (non-hydrogen) atoms. The number of nitrogens with zero attached hydrogens (tertiary/aromatic N) is 2. The monoisotopic (exact) mass is 252 g/mol. The molecule has 0 aliphatic heterocycles. The van der Waals surface area contributed by atoms with Crippen molar-refractivity contribution in [2.24, 2.45) is 0 Å². The molecule has 0 saturated carbocycles. The first kappa shape index (κ1) is 12.4. The lowest BCUT2D eigenvalue weighted by Gasteiger charge is -2.13. The van der Waals surface area contributed by atoms with Crippen molar-refractivity contribution in [1.82, 2.24) is 9.55 Å². The Morgan fingerprint density at radius 2 is 2.11 bits per heavy atom. The molecule has 1 aromatic carbocycles. The number of hydrogen-bond donors (Lipinski definition) is 1. The molecule has 0 fully saturated rings. The maximum absolute atomic E-state index is 13.4. The molecule has 1 heterocycles. The largest absolute Gasteiger partial charge is 0.386 e. The van der Waals surface area contributed by atoms with E-state index in [2.05, 4.69) is 4.98 Å². The molecule has 1 N–H and O–H groups in total. The van der Waals surface area contributed by atoms with E-state index in [4.69, 9.17) is 0 Å². The summed E-state index contributed by atoms with van der Waals surface area (Å²) in [5.41, 5.74) is -0.751. The minimum Gasteiger partial charge on any atom is -0.386 e. The molecule has 1 unspecified atom stereocenters. The first-order chi connectivity index (χ1) is 8.59. The van der Waals surface area contributed by atoms with Gasteiger partial charge < -0.3 is 5.11 Å². The van der Waals surface area contributed by atoms with Crippen molar-refractivity contribution in [3.63, 3.8) is 0 Å². The molecule has 4 nitrogen and oxygen atoms in total. The summed E-state index contributed by atoms with van der Waals surface area (Å²) in [4.78, 5) is 14.8. The SMILES string of the molecule is O=c1ncccn1CC(O)c1cccc(F)c1F. The molecule has 0 bridgehead atoms. The minimum atomic E-state index is -1.32. The predicted molar refractivity (Wildman–Crippen MR) is 59.8 cm³/mol. The summed E-state index contributed by atoms with van der Waals surface area (Å²) in [6, 6.07) is 5.03. The molecule has 2 rings (SSSR count). The standard InChI is InChI=1S/C12H10F2N2O2/c13-9-4-1-3-8(11(9)14)10(17)7-16-6-2-5-15-12(16)18/h1-6,10,17H,7H2. The van der Waals surface area contributed by atoms with Gasteiger partial charge in [-0.15, -0.1) is 0 Å². The van der Waals surface area contributed by atoms with Gasteiger partial charge in [0.05, 0.1) is 12.6 Å². The molecular formula is C12H10F2N2O2. The van der Waals surface area contributed by atoms with E-state index in [0.29, 0.717) is 0 Å². The molecule has 0 aliphatic rings. The van der Waals surface area contributed by atoms with Crippen LogP contribution in [0.25, 0.3) is 0 Å². The predicted octanol–water partition coefficient (Wildman–Crippen LogP) is 1.26. The Kier molecular flexibility index (Phi) is 3.47. The quantitative estimate of drug-likeness (QED) is 0.894. The maximum atomic E-state index is 13.4. The molecule has 2 aromatic rings. The molecule has 0 aliphatic carbocycles. The van der Waals surface area contributed by atoms with Gasteiger partial charge in [-0.3, -0.25) is 4.57 Å². The number of hydrogen-bond acceptors (Lipinski definition) is 3. The summed E-state index contributed by atoms with van der Waals surface area (Å²) >= 11 is 0. The molecular weight excluding hydrogens is 242 g/mol. The third kappa shape index (κ3) is 2.43. The molecule has 94 valence electrons. The highest BCUT2D eigenvalue weighted by atomic mass is 19.2. The van der Waals surface area contributed by atoms with Gasteiger partial charge in [-0.1, -0.05) is 12.1 Å². The lowest BCUT2D eigenvalue weighted by Crippen LogP contribution is -2.24. The molecule has 1 atom stereocenters. The van der Waals surface area contributed by atoms with Crippen molar-refractivity contribution < 1.29 is 13.9 Å². The van der Waals surface area contributed by atoms with Crippen LogP contribution in [0.4, 0.5) is 8.78 Å². The van der Waals surface area contributed by atoms with Gasteiger partial charge in [0.25, 0.3) is 0 Å². The van der Waals surface area contributed by atoms with Crippen molar-refractivity contribution in [2.45, 2.75) is 12.6 Å². The van der Waals surface area contributed by atoms with E-state index >= 15 is 0 Å². The van der Waals surface area contributed by atoms with E-state index in [1.807, 2.05) is 0 Å². The van der Waals surface area contributed by atoms with Crippen molar-refractivity contribution in [1.29, 1.82) is 0 Å². The Balaban J connectivity index is 2.28. The zero-order valence-electron chi connectivity index (χ0n) is 9.25. The Labute approximate surface area is 101 Å². The van der Waals surface area contributed by atoms with Crippen molar-refractivity contribution in [3.05, 3.63) is 64.3 Å². The van der Waals surface area contributed by atoms with E-state index in [1.54, 1.807) is 0 Å². The summed E-state index contributed by atoms with van der Waals surface area (Å²) in [6.45, 7) is -0.187. The van der Waals surface area contributed by atoms with Crippen molar-refractivity contribution in [2.75, 3.05) is 0 Å². The summed E-state index contributed by atoms with van der Waals surface area (Å²) in [6.07, 6.45) is 1.41. The molecule has 6 heteroatoms. The van der Waals surface area contributed by atoms with Crippen LogP contribution in [0, 0.1) is 11.6 Å². The zero-order valence-corrected chi connectivity index (χ0v) is 9.25. The second-order valence-corrected chi connectivity index (χ2v) is 3.71. The fourth-order valence-corrected chi connectivity index (χ4v) is 1.59. The second kappa shape index (κ2) is 5.05. The number of aliphatic hydroxyl groups is 1. The van der Waals surface area contributed by atoms with Gasteiger partial charge in [0, 0.05) is 18.0 Å². The van der Waals surface area contributed by atoms with Gasteiger partial charge >= 0.3 is 5.69 Å². The maximum Gasteiger partial charge on any atom is 0.347 e. The van der Waals surface area contributed by atoms with Gasteiger partial charge in [-0.05, 0) is 12.1 Å². The van der Waals surface area contributed by atoms with Crippen LogP contribution < -0.4 is 5.69 Å². The topological polar surface area (TPSA) is 55.1 Å². The van der Waals surface area contributed by atoms with Gasteiger partial charge in [0.1, 0.15) is 0 Å². The van der Waals surface area contributed by atoms with Gasteiger partial charge in [0.2, 0.25) is 0 Å². The average Bonchev–Trinajstić information content (AvgIpc) is 2.35. The van der Waals surface area contributed by atoms with Gasteiger partial charge in [-0.25, -0.2) is 18.6 Å². The minimum absolute atomic E-state index is 0.187. The van der Waals surface area contributed by atoms with Crippen molar-refractivity contribution >= 4 is 0 Å². The van der Waals surface area contributed by atoms with E-state index < -0.39 is 23.4 Å². The van der Waals surface area contributed by atoms with Crippen LogP contribution in [0.1, 0.15) is 11.7 Å². The summed E-state index contributed by atoms with van der Waals surface area (Å²) in [5, 5.41) is 9.81.